The van der Waals surface area contributed by atoms with Crippen LogP contribution in [0.2, 0.25) is 0 Å². The second kappa shape index (κ2) is 5.68. The SMILES string of the molecule is CCc1ccc(C(N)c2cc3sccc3s2)cc1CC. The minimum atomic E-state index is -0.00388. The topological polar surface area (TPSA) is 26.0 Å². The maximum Gasteiger partial charge on any atom is 0.0646 e. The van der Waals surface area contributed by atoms with Crippen LogP contribution in [0.15, 0.2) is 35.7 Å². The van der Waals surface area contributed by atoms with Gasteiger partial charge in [0.05, 0.1) is 6.04 Å². The molecule has 3 heteroatoms. The van der Waals surface area contributed by atoms with Crippen molar-refractivity contribution < 1.29 is 0 Å². The molecule has 0 radical (unpaired) electrons. The molecule has 1 unspecified atom stereocenters. The Morgan fingerprint density at radius 1 is 1.00 bits per heavy atom. The van der Waals surface area contributed by atoms with Gasteiger partial charge in [-0.1, -0.05) is 32.0 Å². The van der Waals surface area contributed by atoms with Crippen LogP contribution in [-0.4, -0.2) is 0 Å². The Labute approximate surface area is 128 Å². The van der Waals surface area contributed by atoms with Crippen LogP contribution in [0.1, 0.15) is 41.5 Å². The van der Waals surface area contributed by atoms with E-state index in [4.69, 9.17) is 5.73 Å². The summed E-state index contributed by atoms with van der Waals surface area (Å²) in [7, 11) is 0. The quantitative estimate of drug-likeness (QED) is 0.710. The number of thiophene rings is 2. The number of hydrogen-bond acceptors (Lipinski definition) is 3. The van der Waals surface area contributed by atoms with Gasteiger partial charge in [0.2, 0.25) is 0 Å². The van der Waals surface area contributed by atoms with Gasteiger partial charge in [0.15, 0.2) is 0 Å². The maximum absolute atomic E-state index is 6.47. The normalized spacial score (nSPS) is 12.9. The predicted octanol–water partition coefficient (Wildman–Crippen LogP) is 5.14. The van der Waals surface area contributed by atoms with Crippen LogP contribution in [0.4, 0.5) is 0 Å². The lowest BCUT2D eigenvalue weighted by molar-refractivity contribution is 0.884. The first-order valence-corrected chi connectivity index (χ1v) is 8.76. The highest BCUT2D eigenvalue weighted by molar-refractivity contribution is 7.27. The summed E-state index contributed by atoms with van der Waals surface area (Å²) in [6.07, 6.45) is 2.16. The number of benzene rings is 1. The van der Waals surface area contributed by atoms with E-state index in [1.807, 2.05) is 11.3 Å². The minimum absolute atomic E-state index is 0.00388. The van der Waals surface area contributed by atoms with Crippen LogP contribution in [0, 0.1) is 0 Å². The number of rotatable bonds is 4. The van der Waals surface area contributed by atoms with Crippen molar-refractivity contribution in [2.75, 3.05) is 0 Å². The van der Waals surface area contributed by atoms with Crippen LogP contribution in [0.3, 0.4) is 0 Å². The largest absolute Gasteiger partial charge is 0.320 e. The summed E-state index contributed by atoms with van der Waals surface area (Å²) in [5.74, 6) is 0. The van der Waals surface area contributed by atoms with Gasteiger partial charge in [0, 0.05) is 14.3 Å². The Hall–Kier alpha value is -1.16. The van der Waals surface area contributed by atoms with Gasteiger partial charge in [-0.3, -0.25) is 0 Å². The van der Waals surface area contributed by atoms with Crippen LogP contribution in [0.25, 0.3) is 9.40 Å². The molecular formula is C17H19NS2. The zero-order valence-electron chi connectivity index (χ0n) is 11.8. The van der Waals surface area contributed by atoms with E-state index in [-0.39, 0.29) is 6.04 Å². The van der Waals surface area contributed by atoms with E-state index < -0.39 is 0 Å². The molecule has 0 saturated carbocycles. The molecule has 0 aliphatic carbocycles. The smallest absolute Gasteiger partial charge is 0.0646 e. The van der Waals surface area contributed by atoms with Crippen LogP contribution < -0.4 is 5.73 Å². The molecule has 1 aromatic carbocycles. The molecule has 0 spiro atoms. The number of hydrogen-bond donors (Lipinski definition) is 1. The lowest BCUT2D eigenvalue weighted by Gasteiger charge is -2.14. The molecular weight excluding hydrogens is 282 g/mol. The van der Waals surface area contributed by atoms with E-state index in [9.17, 15) is 0 Å². The highest BCUT2D eigenvalue weighted by atomic mass is 32.1. The summed E-state index contributed by atoms with van der Waals surface area (Å²) in [6, 6.07) is 11.1. The van der Waals surface area contributed by atoms with Crippen LogP contribution in [0.5, 0.6) is 0 Å². The third kappa shape index (κ3) is 2.41. The Bertz CT molecular complexity index is 695. The standard InChI is InChI=1S/C17H19NS2/c1-3-11-5-6-13(9-12(11)4-2)17(18)16-10-15-14(20-16)7-8-19-15/h5-10,17H,3-4,18H2,1-2H3. The first kappa shape index (κ1) is 13.8. The van der Waals surface area contributed by atoms with Gasteiger partial charge < -0.3 is 5.73 Å². The zero-order valence-corrected chi connectivity index (χ0v) is 13.5. The number of fused-ring (bicyclic) bond motifs is 1. The molecule has 0 amide bonds. The van der Waals surface area contributed by atoms with E-state index in [0.29, 0.717) is 0 Å². The summed E-state index contributed by atoms with van der Waals surface area (Å²) in [5, 5.41) is 2.14. The zero-order chi connectivity index (χ0) is 14.1. The molecule has 0 saturated heterocycles. The van der Waals surface area contributed by atoms with Crippen LogP contribution in [-0.2, 0) is 12.8 Å². The minimum Gasteiger partial charge on any atom is -0.320 e. The Kier molecular flexibility index (Phi) is 3.92. The average molecular weight is 301 g/mol. The van der Waals surface area contributed by atoms with Crippen molar-refractivity contribution in [2.45, 2.75) is 32.7 Å². The molecule has 104 valence electrons. The molecule has 2 heterocycles. The van der Waals surface area contributed by atoms with Crippen molar-refractivity contribution in [3.63, 3.8) is 0 Å². The highest BCUT2D eigenvalue weighted by Gasteiger charge is 2.14. The van der Waals surface area contributed by atoms with Crippen molar-refractivity contribution in [3.8, 4) is 0 Å². The fourth-order valence-electron chi connectivity index (χ4n) is 2.62. The van der Waals surface area contributed by atoms with Crippen molar-refractivity contribution in [3.05, 3.63) is 57.3 Å². The van der Waals surface area contributed by atoms with Crippen LogP contribution >= 0.6 is 22.7 Å². The molecule has 1 atom stereocenters. The summed E-state index contributed by atoms with van der Waals surface area (Å²) < 4.78 is 2.70. The van der Waals surface area contributed by atoms with Gasteiger partial charge in [-0.2, -0.15) is 0 Å². The van der Waals surface area contributed by atoms with Gasteiger partial charge in [-0.05, 0) is 47.0 Å². The summed E-state index contributed by atoms with van der Waals surface area (Å²) in [6.45, 7) is 4.42. The van der Waals surface area contributed by atoms with Gasteiger partial charge in [0.25, 0.3) is 0 Å². The van der Waals surface area contributed by atoms with Crippen molar-refractivity contribution >= 4 is 32.1 Å². The Morgan fingerprint density at radius 2 is 1.80 bits per heavy atom. The molecule has 0 aliphatic heterocycles. The van der Waals surface area contributed by atoms with E-state index >= 15 is 0 Å². The fourth-order valence-corrected chi connectivity index (χ4v) is 4.76. The summed E-state index contributed by atoms with van der Waals surface area (Å²) in [5.41, 5.74) is 10.6. The Morgan fingerprint density at radius 3 is 2.50 bits per heavy atom. The molecule has 20 heavy (non-hydrogen) atoms. The molecule has 2 aromatic heterocycles. The highest BCUT2D eigenvalue weighted by Crippen LogP contribution is 2.35. The molecule has 3 rings (SSSR count). The first-order chi connectivity index (χ1) is 9.72. The maximum atomic E-state index is 6.47. The number of aryl methyl sites for hydroxylation is 2. The summed E-state index contributed by atoms with van der Waals surface area (Å²) in [4.78, 5) is 1.26. The van der Waals surface area contributed by atoms with E-state index in [2.05, 4.69) is 49.6 Å². The van der Waals surface area contributed by atoms with E-state index in [1.165, 1.54) is 31.0 Å². The molecule has 0 bridgehead atoms. The molecule has 0 fully saturated rings. The van der Waals surface area contributed by atoms with Gasteiger partial charge in [0.1, 0.15) is 0 Å². The average Bonchev–Trinajstić information content (AvgIpc) is 3.06. The van der Waals surface area contributed by atoms with Crippen molar-refractivity contribution in [1.82, 2.24) is 0 Å². The molecule has 2 N–H and O–H groups in total. The van der Waals surface area contributed by atoms with Gasteiger partial charge in [-0.15, -0.1) is 22.7 Å². The van der Waals surface area contributed by atoms with E-state index in [0.717, 1.165) is 12.8 Å². The predicted molar refractivity (Wildman–Crippen MR) is 90.9 cm³/mol. The molecule has 1 nitrogen and oxygen atoms in total. The van der Waals surface area contributed by atoms with Crippen molar-refractivity contribution in [2.24, 2.45) is 5.73 Å². The fraction of sp³-hybridized carbons (Fsp3) is 0.294. The second-order valence-electron chi connectivity index (χ2n) is 5.01. The lowest BCUT2D eigenvalue weighted by atomic mass is 9.96. The third-order valence-electron chi connectivity index (χ3n) is 3.82. The van der Waals surface area contributed by atoms with Crippen molar-refractivity contribution in [1.29, 1.82) is 0 Å². The second-order valence-corrected chi connectivity index (χ2v) is 7.07. The third-order valence-corrected chi connectivity index (χ3v) is 5.99. The lowest BCUT2D eigenvalue weighted by Crippen LogP contribution is -2.11. The van der Waals surface area contributed by atoms with E-state index in [1.54, 1.807) is 11.3 Å². The molecule has 3 aromatic rings. The summed E-state index contributed by atoms with van der Waals surface area (Å²) >= 11 is 3.61. The monoisotopic (exact) mass is 301 g/mol. The van der Waals surface area contributed by atoms with Gasteiger partial charge in [-0.25, -0.2) is 0 Å². The van der Waals surface area contributed by atoms with Gasteiger partial charge >= 0.3 is 0 Å². The first-order valence-electron chi connectivity index (χ1n) is 7.07. The molecule has 0 aliphatic rings. The Balaban J connectivity index is 1.97. The number of nitrogens with two attached hydrogens (primary N) is 1.